The summed E-state index contributed by atoms with van der Waals surface area (Å²) in [5, 5.41) is 15.5. The van der Waals surface area contributed by atoms with E-state index in [1.54, 1.807) is 22.8 Å². The second-order valence-electron chi connectivity index (χ2n) is 7.33. The van der Waals surface area contributed by atoms with Gasteiger partial charge in [0.1, 0.15) is 16.5 Å². The van der Waals surface area contributed by atoms with Gasteiger partial charge < -0.3 is 4.52 Å². The van der Waals surface area contributed by atoms with Crippen LogP contribution in [0, 0.1) is 17.0 Å². The van der Waals surface area contributed by atoms with Crippen molar-refractivity contribution in [1.29, 1.82) is 0 Å². The molecule has 0 radical (unpaired) electrons. The minimum atomic E-state index is -0.450. The number of hydrogen-bond donors (Lipinski definition) is 0. The van der Waals surface area contributed by atoms with Crippen LogP contribution >= 0.6 is 11.8 Å². The Balaban J connectivity index is 1.77. The van der Waals surface area contributed by atoms with Gasteiger partial charge in [-0.3, -0.25) is 14.7 Å². The number of aromatic nitrogens is 3. The summed E-state index contributed by atoms with van der Waals surface area (Å²) in [6.07, 6.45) is 1.81. The van der Waals surface area contributed by atoms with Gasteiger partial charge >= 0.3 is 5.69 Å². The van der Waals surface area contributed by atoms with Crippen molar-refractivity contribution in [2.75, 3.05) is 0 Å². The maximum Gasteiger partial charge on any atom is 0.349 e. The first-order valence-electron chi connectivity index (χ1n) is 8.59. The summed E-state index contributed by atoms with van der Waals surface area (Å²) in [5.41, 5.74) is 1.39. The lowest BCUT2D eigenvalue weighted by atomic mass is 10.1. The van der Waals surface area contributed by atoms with Crippen LogP contribution in [0.25, 0.3) is 11.3 Å². The monoisotopic (exact) mass is 400 g/mol. The van der Waals surface area contributed by atoms with Crippen molar-refractivity contribution in [3.8, 4) is 11.3 Å². The summed E-state index contributed by atoms with van der Waals surface area (Å²) in [4.78, 5) is 26.9. The summed E-state index contributed by atoms with van der Waals surface area (Å²) < 4.78 is 6.95. The molecule has 0 fully saturated rings. The molecule has 2 aromatic heterocycles. The van der Waals surface area contributed by atoms with E-state index in [9.17, 15) is 14.9 Å². The molecule has 0 bridgehead atoms. The molecule has 8 nitrogen and oxygen atoms in total. The van der Waals surface area contributed by atoms with E-state index in [-0.39, 0.29) is 16.9 Å². The molecule has 0 spiro atoms. The molecule has 3 aromatic rings. The fraction of sp³-hybridized carbons (Fsp3) is 0.316. The number of hydrogen-bond acceptors (Lipinski definition) is 7. The van der Waals surface area contributed by atoms with Gasteiger partial charge in [-0.2, -0.15) is 4.98 Å². The Labute approximate surface area is 165 Å². The number of nitrogens with zero attached hydrogens (tertiary/aromatic N) is 4. The molecular weight excluding hydrogens is 380 g/mol. The zero-order valence-electron chi connectivity index (χ0n) is 16.0. The highest BCUT2D eigenvalue weighted by Gasteiger charge is 2.18. The van der Waals surface area contributed by atoms with Crippen molar-refractivity contribution in [3.63, 3.8) is 0 Å². The number of non-ortho nitro benzene ring substituents is 1. The first-order valence-corrected chi connectivity index (χ1v) is 9.58. The third-order valence-electron chi connectivity index (χ3n) is 4.05. The molecule has 9 heteroatoms. The Morgan fingerprint density at radius 2 is 2.04 bits per heavy atom. The van der Waals surface area contributed by atoms with Gasteiger partial charge in [0.15, 0.2) is 0 Å². The van der Waals surface area contributed by atoms with Crippen molar-refractivity contribution < 1.29 is 9.45 Å². The van der Waals surface area contributed by atoms with Crippen LogP contribution in [-0.4, -0.2) is 19.6 Å². The zero-order chi connectivity index (χ0) is 20.5. The second-order valence-corrected chi connectivity index (χ2v) is 8.29. The lowest BCUT2D eigenvalue weighted by molar-refractivity contribution is -0.384. The van der Waals surface area contributed by atoms with Gasteiger partial charge in [-0.15, -0.1) is 0 Å². The number of benzene rings is 1. The first kappa shape index (κ1) is 19.8. The smallest absolute Gasteiger partial charge is 0.349 e. The Kier molecular flexibility index (Phi) is 5.37. The van der Waals surface area contributed by atoms with Crippen molar-refractivity contribution in [2.24, 2.45) is 0 Å². The molecule has 146 valence electrons. The van der Waals surface area contributed by atoms with Crippen LogP contribution in [0.3, 0.4) is 0 Å². The SMILES string of the molecule is Cc1cn(C(C)(C)C)c(=O)nc1SCc1cc(-c2cccc([N+](=O)[O-])c2)no1. The van der Waals surface area contributed by atoms with Gasteiger partial charge in [-0.1, -0.05) is 29.1 Å². The van der Waals surface area contributed by atoms with E-state index < -0.39 is 4.92 Å². The molecule has 28 heavy (non-hydrogen) atoms. The third-order valence-corrected chi connectivity index (χ3v) is 5.16. The normalized spacial score (nSPS) is 11.6. The number of aryl methyl sites for hydroxylation is 1. The first-order chi connectivity index (χ1) is 13.1. The second kappa shape index (κ2) is 7.59. The summed E-state index contributed by atoms with van der Waals surface area (Å²) >= 11 is 1.38. The van der Waals surface area contributed by atoms with Gasteiger partial charge in [0, 0.05) is 35.5 Å². The van der Waals surface area contributed by atoms with Crippen LogP contribution in [0.1, 0.15) is 32.1 Å². The van der Waals surface area contributed by atoms with Crippen molar-refractivity contribution in [1.82, 2.24) is 14.7 Å². The lowest BCUT2D eigenvalue weighted by Gasteiger charge is -2.22. The largest absolute Gasteiger partial charge is 0.360 e. The molecule has 0 N–H and O–H groups in total. The summed E-state index contributed by atoms with van der Waals surface area (Å²) in [5.74, 6) is 1.03. The highest BCUT2D eigenvalue weighted by Crippen LogP contribution is 2.28. The molecule has 2 heterocycles. The molecule has 0 amide bonds. The fourth-order valence-electron chi connectivity index (χ4n) is 2.60. The zero-order valence-corrected chi connectivity index (χ0v) is 16.8. The predicted octanol–water partition coefficient (Wildman–Crippen LogP) is 4.16. The van der Waals surface area contributed by atoms with E-state index in [0.717, 1.165) is 5.56 Å². The minimum absolute atomic E-state index is 0.00402. The number of thioether (sulfide) groups is 1. The van der Waals surface area contributed by atoms with Crippen LogP contribution in [0.15, 0.2) is 50.9 Å². The molecule has 0 saturated heterocycles. The number of nitro benzene ring substituents is 1. The van der Waals surface area contributed by atoms with Crippen LogP contribution in [0.5, 0.6) is 0 Å². The summed E-state index contributed by atoms with van der Waals surface area (Å²) in [6, 6.07) is 7.95. The molecular formula is C19H20N4O4S. The quantitative estimate of drug-likeness (QED) is 0.274. The van der Waals surface area contributed by atoms with Gasteiger partial charge in [0.25, 0.3) is 5.69 Å². The molecule has 0 unspecified atom stereocenters. The predicted molar refractivity (Wildman–Crippen MR) is 106 cm³/mol. The molecule has 0 aliphatic heterocycles. The Morgan fingerprint density at radius 3 is 2.71 bits per heavy atom. The van der Waals surface area contributed by atoms with E-state index in [4.69, 9.17) is 4.52 Å². The summed E-state index contributed by atoms with van der Waals surface area (Å²) in [7, 11) is 0. The van der Waals surface area contributed by atoms with Crippen LogP contribution < -0.4 is 5.69 Å². The highest BCUT2D eigenvalue weighted by atomic mass is 32.2. The molecule has 0 saturated carbocycles. The molecule has 0 aliphatic carbocycles. The van der Waals surface area contributed by atoms with Crippen LogP contribution in [0.4, 0.5) is 5.69 Å². The van der Waals surface area contributed by atoms with Crippen LogP contribution in [0.2, 0.25) is 0 Å². The Morgan fingerprint density at radius 1 is 1.29 bits per heavy atom. The standard InChI is InChI=1S/C19H20N4O4S/c1-12-10-22(19(2,3)4)18(24)20-17(12)28-11-15-9-16(21-27-15)13-6-5-7-14(8-13)23(25)26/h5-10H,11H2,1-4H3. The molecule has 0 aliphatic rings. The van der Waals surface area contributed by atoms with E-state index in [2.05, 4.69) is 10.1 Å². The molecule has 0 atom stereocenters. The molecule has 1 aromatic carbocycles. The summed E-state index contributed by atoms with van der Waals surface area (Å²) in [6.45, 7) is 7.76. The minimum Gasteiger partial charge on any atom is -0.360 e. The Hall–Kier alpha value is -2.94. The highest BCUT2D eigenvalue weighted by molar-refractivity contribution is 7.98. The van der Waals surface area contributed by atoms with E-state index >= 15 is 0 Å². The fourth-order valence-corrected chi connectivity index (χ4v) is 3.43. The van der Waals surface area contributed by atoms with E-state index in [0.29, 0.717) is 27.8 Å². The van der Waals surface area contributed by atoms with Crippen molar-refractivity contribution >= 4 is 17.4 Å². The van der Waals surface area contributed by atoms with E-state index in [1.807, 2.05) is 33.9 Å². The molecule has 3 rings (SSSR count). The van der Waals surface area contributed by atoms with Gasteiger partial charge in [-0.25, -0.2) is 4.79 Å². The van der Waals surface area contributed by atoms with E-state index in [1.165, 1.54) is 23.9 Å². The van der Waals surface area contributed by atoms with Gasteiger partial charge in [0.05, 0.1) is 10.7 Å². The van der Waals surface area contributed by atoms with Gasteiger partial charge in [-0.05, 0) is 33.3 Å². The third kappa shape index (κ3) is 4.30. The van der Waals surface area contributed by atoms with Crippen molar-refractivity contribution in [2.45, 2.75) is 44.0 Å². The lowest BCUT2D eigenvalue weighted by Crippen LogP contribution is -2.35. The number of rotatable bonds is 5. The Bertz CT molecular complexity index is 1080. The van der Waals surface area contributed by atoms with Crippen molar-refractivity contribution in [3.05, 3.63) is 68.5 Å². The van der Waals surface area contributed by atoms with Gasteiger partial charge in [0.2, 0.25) is 0 Å². The average molecular weight is 400 g/mol. The topological polar surface area (TPSA) is 104 Å². The maximum atomic E-state index is 12.3. The van der Waals surface area contributed by atoms with Crippen LogP contribution in [-0.2, 0) is 11.3 Å². The number of nitro groups is 1. The average Bonchev–Trinajstić information content (AvgIpc) is 3.10. The maximum absolute atomic E-state index is 12.3.